The summed E-state index contributed by atoms with van der Waals surface area (Å²) >= 11 is 0. The minimum atomic E-state index is 0.235. The molecule has 0 radical (unpaired) electrons. The Morgan fingerprint density at radius 1 is 0.750 bits per heavy atom. The highest BCUT2D eigenvalue weighted by Crippen LogP contribution is 2.33. The van der Waals surface area contributed by atoms with Crippen LogP contribution in [0, 0.1) is 11.8 Å². The van der Waals surface area contributed by atoms with Crippen LogP contribution in [0.3, 0.4) is 0 Å². The molecule has 0 amide bonds. The summed E-state index contributed by atoms with van der Waals surface area (Å²) in [6, 6.07) is 29.0. The Morgan fingerprint density at radius 3 is 2.03 bits per heavy atom. The molecule has 0 saturated carbocycles. The van der Waals surface area contributed by atoms with Crippen LogP contribution in [0.4, 0.5) is 0 Å². The first-order valence-corrected chi connectivity index (χ1v) is 10.2. The quantitative estimate of drug-likeness (QED) is 0.379. The van der Waals surface area contributed by atoms with E-state index in [1.54, 1.807) is 19.2 Å². The van der Waals surface area contributed by atoms with Crippen LogP contribution < -0.4 is 4.74 Å². The maximum Gasteiger partial charge on any atom is 0.137 e. The number of phenols is 1. The summed E-state index contributed by atoms with van der Waals surface area (Å²) in [5, 5.41) is 9.67. The predicted molar refractivity (Wildman–Crippen MR) is 127 cm³/mol. The maximum atomic E-state index is 9.67. The van der Waals surface area contributed by atoms with Gasteiger partial charge in [-0.2, -0.15) is 0 Å². The first-order valence-electron chi connectivity index (χ1n) is 10.2. The monoisotopic (exact) mass is 416 g/mol. The van der Waals surface area contributed by atoms with Crippen molar-refractivity contribution in [3.05, 3.63) is 108 Å². The Hall–Kier alpha value is -4.49. The lowest BCUT2D eigenvalue weighted by Gasteiger charge is -2.06. The molecular formula is C28H20N2O2. The van der Waals surface area contributed by atoms with Crippen molar-refractivity contribution in [1.29, 1.82) is 0 Å². The number of hydrogen-bond acceptors (Lipinski definition) is 3. The van der Waals surface area contributed by atoms with Crippen molar-refractivity contribution in [3.63, 3.8) is 0 Å². The summed E-state index contributed by atoms with van der Waals surface area (Å²) in [5.74, 6) is 7.46. The van der Waals surface area contributed by atoms with Gasteiger partial charge in [-0.3, -0.25) is 4.40 Å². The molecule has 0 aliphatic carbocycles. The number of phenolic OH excluding ortho intramolecular Hbond substituents is 1. The molecule has 0 unspecified atom stereocenters. The van der Waals surface area contributed by atoms with Crippen LogP contribution in [0.15, 0.2) is 97.2 Å². The van der Waals surface area contributed by atoms with Gasteiger partial charge in [0.05, 0.1) is 18.5 Å². The van der Waals surface area contributed by atoms with Crippen molar-refractivity contribution in [2.45, 2.75) is 0 Å². The molecule has 154 valence electrons. The second-order valence-electron chi connectivity index (χ2n) is 7.34. The van der Waals surface area contributed by atoms with E-state index < -0.39 is 0 Å². The van der Waals surface area contributed by atoms with Gasteiger partial charge in [0.15, 0.2) is 0 Å². The molecule has 0 aliphatic heterocycles. The minimum absolute atomic E-state index is 0.235. The Kier molecular flexibility index (Phi) is 5.07. The van der Waals surface area contributed by atoms with E-state index in [9.17, 15) is 5.11 Å². The van der Waals surface area contributed by atoms with Crippen LogP contribution in [0.1, 0.15) is 11.1 Å². The lowest BCUT2D eigenvalue weighted by Crippen LogP contribution is -1.89. The molecule has 2 aromatic heterocycles. The molecule has 0 aliphatic rings. The Bertz CT molecular complexity index is 1440. The third-order valence-electron chi connectivity index (χ3n) is 5.27. The molecule has 0 fully saturated rings. The van der Waals surface area contributed by atoms with Gasteiger partial charge in [-0.1, -0.05) is 30.0 Å². The van der Waals surface area contributed by atoms with Gasteiger partial charge < -0.3 is 9.84 Å². The first kappa shape index (κ1) is 19.5. The molecule has 4 heteroatoms. The van der Waals surface area contributed by atoms with Gasteiger partial charge in [-0.25, -0.2) is 4.98 Å². The number of imidazole rings is 1. The van der Waals surface area contributed by atoms with Gasteiger partial charge in [0.25, 0.3) is 0 Å². The Labute approximate surface area is 186 Å². The molecule has 4 nitrogen and oxygen atoms in total. The summed E-state index contributed by atoms with van der Waals surface area (Å²) in [5.41, 5.74) is 6.60. The van der Waals surface area contributed by atoms with Crippen LogP contribution in [0.5, 0.6) is 11.5 Å². The largest absolute Gasteiger partial charge is 0.508 e. The first-order chi connectivity index (χ1) is 15.7. The highest BCUT2D eigenvalue weighted by Gasteiger charge is 2.15. The predicted octanol–water partition coefficient (Wildman–Crippen LogP) is 5.78. The van der Waals surface area contributed by atoms with Crippen LogP contribution in [-0.2, 0) is 0 Å². The van der Waals surface area contributed by atoms with Gasteiger partial charge in [-0.15, -0.1) is 0 Å². The van der Waals surface area contributed by atoms with E-state index in [1.165, 1.54) is 0 Å². The van der Waals surface area contributed by atoms with Gasteiger partial charge in [0.2, 0.25) is 0 Å². The number of fused-ring (bicyclic) bond motifs is 1. The van der Waals surface area contributed by atoms with Crippen LogP contribution in [-0.4, -0.2) is 21.6 Å². The van der Waals surface area contributed by atoms with E-state index in [0.29, 0.717) is 0 Å². The number of methoxy groups -OCH3 is 1. The van der Waals surface area contributed by atoms with E-state index in [1.807, 2.05) is 72.9 Å². The van der Waals surface area contributed by atoms with Crippen LogP contribution >= 0.6 is 0 Å². The van der Waals surface area contributed by atoms with E-state index in [4.69, 9.17) is 9.72 Å². The average molecular weight is 416 g/mol. The van der Waals surface area contributed by atoms with Crippen LogP contribution in [0.2, 0.25) is 0 Å². The number of aromatic nitrogens is 2. The zero-order valence-electron chi connectivity index (χ0n) is 17.5. The highest BCUT2D eigenvalue weighted by molar-refractivity contribution is 5.82. The SMILES string of the molecule is COc1ccc(C#Cc2ccc(-c3c(-c4ccc(O)cc4)nc4ccccn34)cc2)cc1. The van der Waals surface area contributed by atoms with Crippen molar-refractivity contribution >= 4 is 5.65 Å². The zero-order chi connectivity index (χ0) is 21.9. The van der Waals surface area contributed by atoms with Gasteiger partial charge in [0.1, 0.15) is 17.1 Å². The normalized spacial score (nSPS) is 10.5. The fourth-order valence-corrected chi connectivity index (χ4v) is 3.62. The van der Waals surface area contributed by atoms with Gasteiger partial charge in [-0.05, 0) is 72.8 Å². The van der Waals surface area contributed by atoms with Crippen molar-refractivity contribution in [2.75, 3.05) is 7.11 Å². The molecule has 3 aromatic carbocycles. The average Bonchev–Trinajstić information content (AvgIpc) is 3.23. The molecule has 0 saturated heterocycles. The minimum Gasteiger partial charge on any atom is -0.508 e. The third-order valence-corrected chi connectivity index (χ3v) is 5.27. The number of ether oxygens (including phenoxy) is 1. The molecule has 5 rings (SSSR count). The lowest BCUT2D eigenvalue weighted by molar-refractivity contribution is 0.415. The van der Waals surface area contributed by atoms with Crippen molar-refractivity contribution in [2.24, 2.45) is 0 Å². The summed E-state index contributed by atoms with van der Waals surface area (Å²) < 4.78 is 7.27. The maximum absolute atomic E-state index is 9.67. The van der Waals surface area contributed by atoms with Crippen molar-refractivity contribution in [3.8, 4) is 45.9 Å². The smallest absolute Gasteiger partial charge is 0.137 e. The summed E-state index contributed by atoms with van der Waals surface area (Å²) in [6.45, 7) is 0. The Morgan fingerprint density at radius 2 is 1.38 bits per heavy atom. The summed E-state index contributed by atoms with van der Waals surface area (Å²) in [7, 11) is 1.65. The number of aromatic hydroxyl groups is 1. The standard InChI is InChI=1S/C28H20N2O2/c1-32-25-17-9-21(10-18-25)6-5-20-7-11-23(12-8-20)28-27(22-13-15-24(31)16-14-22)29-26-4-2-3-19-30(26)28/h2-4,7-19,31H,1H3. The molecule has 0 bridgehead atoms. The summed E-state index contributed by atoms with van der Waals surface area (Å²) in [4.78, 5) is 4.84. The molecular weight excluding hydrogens is 396 g/mol. The number of hydrogen-bond donors (Lipinski definition) is 1. The molecule has 2 heterocycles. The fraction of sp³-hybridized carbons (Fsp3) is 0.0357. The zero-order valence-corrected chi connectivity index (χ0v) is 17.5. The second kappa shape index (κ2) is 8.33. The fourth-order valence-electron chi connectivity index (χ4n) is 3.62. The number of nitrogens with zero attached hydrogens (tertiary/aromatic N) is 2. The van der Waals surface area contributed by atoms with E-state index in [2.05, 4.69) is 28.4 Å². The van der Waals surface area contributed by atoms with E-state index in [-0.39, 0.29) is 5.75 Å². The molecule has 0 atom stereocenters. The third kappa shape index (κ3) is 3.80. The molecule has 0 spiro atoms. The van der Waals surface area contributed by atoms with Crippen LogP contribution in [0.25, 0.3) is 28.2 Å². The van der Waals surface area contributed by atoms with E-state index >= 15 is 0 Å². The number of pyridine rings is 1. The number of benzene rings is 3. The van der Waals surface area contributed by atoms with E-state index in [0.717, 1.165) is 45.0 Å². The number of rotatable bonds is 3. The summed E-state index contributed by atoms with van der Waals surface area (Å²) in [6.07, 6.45) is 2.01. The highest BCUT2D eigenvalue weighted by atomic mass is 16.5. The Balaban J connectivity index is 1.52. The topological polar surface area (TPSA) is 46.8 Å². The van der Waals surface area contributed by atoms with Crippen molar-refractivity contribution < 1.29 is 9.84 Å². The van der Waals surface area contributed by atoms with Gasteiger partial charge >= 0.3 is 0 Å². The molecule has 1 N–H and O–H groups in total. The second-order valence-corrected chi connectivity index (χ2v) is 7.34. The van der Waals surface area contributed by atoms with Gasteiger partial charge in [0, 0.05) is 28.5 Å². The van der Waals surface area contributed by atoms with Crippen molar-refractivity contribution in [1.82, 2.24) is 9.38 Å². The molecule has 32 heavy (non-hydrogen) atoms. The molecule has 5 aromatic rings. The lowest BCUT2D eigenvalue weighted by atomic mass is 10.0.